The van der Waals surface area contributed by atoms with E-state index < -0.39 is 5.97 Å². The molecule has 0 aliphatic rings. The van der Waals surface area contributed by atoms with Gasteiger partial charge in [-0.3, -0.25) is 0 Å². The van der Waals surface area contributed by atoms with Crippen molar-refractivity contribution in [2.75, 3.05) is 0 Å². The van der Waals surface area contributed by atoms with Crippen LogP contribution in [0.1, 0.15) is 5.56 Å². The van der Waals surface area contributed by atoms with Crippen LogP contribution in [0.2, 0.25) is 5.02 Å². The third-order valence-corrected chi connectivity index (χ3v) is 2.50. The summed E-state index contributed by atoms with van der Waals surface area (Å²) in [5.74, 6) is -1.02. The van der Waals surface area contributed by atoms with Gasteiger partial charge in [0.2, 0.25) is 0 Å². The molecular weight excluding hydrogens is 240 g/mol. The number of carboxylic acids is 1. The van der Waals surface area contributed by atoms with Gasteiger partial charge >= 0.3 is 5.97 Å². The Morgan fingerprint density at radius 2 is 2.24 bits per heavy atom. The first-order valence-corrected chi connectivity index (χ1v) is 5.26. The molecule has 0 aliphatic carbocycles. The Morgan fingerprint density at radius 3 is 2.88 bits per heavy atom. The number of hydrogen-bond acceptors (Lipinski definition) is 2. The van der Waals surface area contributed by atoms with Gasteiger partial charge < -0.3 is 5.11 Å². The number of rotatable bonds is 3. The van der Waals surface area contributed by atoms with Crippen LogP contribution in [0.3, 0.4) is 0 Å². The van der Waals surface area contributed by atoms with Crippen molar-refractivity contribution in [3.63, 3.8) is 0 Å². The maximum absolute atomic E-state index is 10.5. The number of carbonyl (C=O) groups is 1. The van der Waals surface area contributed by atoms with Crippen LogP contribution in [0.25, 0.3) is 11.8 Å². The summed E-state index contributed by atoms with van der Waals surface area (Å²) >= 11 is 6.04. The van der Waals surface area contributed by atoms with Crippen LogP contribution >= 0.6 is 11.6 Å². The number of benzene rings is 1. The summed E-state index contributed by atoms with van der Waals surface area (Å²) in [5.41, 5.74) is 1.36. The number of nitrogens with zero attached hydrogens (tertiary/aromatic N) is 2. The highest BCUT2D eigenvalue weighted by molar-refractivity contribution is 6.32. The maximum atomic E-state index is 10.5. The zero-order chi connectivity index (χ0) is 12.3. The van der Waals surface area contributed by atoms with E-state index in [1.54, 1.807) is 35.3 Å². The summed E-state index contributed by atoms with van der Waals surface area (Å²) in [7, 11) is 0. The van der Waals surface area contributed by atoms with Crippen LogP contribution in [0.4, 0.5) is 0 Å². The molecule has 0 saturated carbocycles. The molecule has 1 aromatic carbocycles. The average Bonchev–Trinajstić information content (AvgIpc) is 2.80. The molecule has 17 heavy (non-hydrogen) atoms. The van der Waals surface area contributed by atoms with E-state index in [0.29, 0.717) is 10.6 Å². The third-order valence-electron chi connectivity index (χ3n) is 2.17. The molecule has 2 rings (SSSR count). The topological polar surface area (TPSA) is 55.1 Å². The zero-order valence-electron chi connectivity index (χ0n) is 8.75. The van der Waals surface area contributed by atoms with Gasteiger partial charge in [-0.25, -0.2) is 9.48 Å². The van der Waals surface area contributed by atoms with Crippen molar-refractivity contribution in [3.8, 4) is 5.69 Å². The van der Waals surface area contributed by atoms with Gasteiger partial charge in [-0.2, -0.15) is 5.10 Å². The van der Waals surface area contributed by atoms with Crippen molar-refractivity contribution >= 4 is 23.6 Å². The SMILES string of the molecule is O=C(O)/C=C/c1c(Cl)cccc1-n1cccn1. The minimum Gasteiger partial charge on any atom is -0.478 e. The van der Waals surface area contributed by atoms with E-state index in [2.05, 4.69) is 5.10 Å². The van der Waals surface area contributed by atoms with Gasteiger partial charge in [0.1, 0.15) is 0 Å². The van der Waals surface area contributed by atoms with Crippen molar-refractivity contribution in [2.45, 2.75) is 0 Å². The van der Waals surface area contributed by atoms with E-state index in [-0.39, 0.29) is 0 Å². The predicted octanol–water partition coefficient (Wildman–Crippen LogP) is 2.62. The minimum atomic E-state index is -1.02. The van der Waals surface area contributed by atoms with Crippen molar-refractivity contribution < 1.29 is 9.90 Å². The molecule has 0 bridgehead atoms. The molecule has 1 aromatic heterocycles. The summed E-state index contributed by atoms with van der Waals surface area (Å²) in [5, 5.41) is 13.2. The molecule has 0 radical (unpaired) electrons. The second kappa shape index (κ2) is 4.84. The van der Waals surface area contributed by atoms with Gasteiger partial charge in [0.25, 0.3) is 0 Å². The van der Waals surface area contributed by atoms with Gasteiger partial charge in [-0.1, -0.05) is 17.7 Å². The lowest BCUT2D eigenvalue weighted by Crippen LogP contribution is -1.98. The van der Waals surface area contributed by atoms with Crippen LogP contribution in [-0.2, 0) is 4.79 Å². The molecule has 0 spiro atoms. The molecule has 0 unspecified atom stereocenters. The molecule has 0 fully saturated rings. The van der Waals surface area contributed by atoms with Crippen molar-refractivity contribution in [3.05, 3.63) is 53.3 Å². The molecule has 0 aliphatic heterocycles. The Balaban J connectivity index is 2.53. The molecule has 4 nitrogen and oxygen atoms in total. The lowest BCUT2D eigenvalue weighted by molar-refractivity contribution is -0.131. The number of aliphatic carboxylic acids is 1. The summed E-state index contributed by atoms with van der Waals surface area (Å²) in [4.78, 5) is 10.5. The molecule has 5 heteroatoms. The lowest BCUT2D eigenvalue weighted by atomic mass is 10.1. The van der Waals surface area contributed by atoms with Crippen LogP contribution in [0.5, 0.6) is 0 Å². The molecular formula is C12H9ClN2O2. The normalized spacial score (nSPS) is 10.9. The monoisotopic (exact) mass is 248 g/mol. The quantitative estimate of drug-likeness (QED) is 0.850. The number of aromatic nitrogens is 2. The maximum Gasteiger partial charge on any atom is 0.328 e. The summed E-state index contributed by atoms with van der Waals surface area (Å²) in [6, 6.07) is 7.10. The van der Waals surface area contributed by atoms with Gasteiger partial charge in [0.05, 0.1) is 5.69 Å². The Morgan fingerprint density at radius 1 is 1.41 bits per heavy atom. The number of carboxylic acid groups (broad SMARTS) is 1. The van der Waals surface area contributed by atoms with Gasteiger partial charge in [0, 0.05) is 29.1 Å². The fourth-order valence-corrected chi connectivity index (χ4v) is 1.69. The van der Waals surface area contributed by atoms with Crippen molar-refractivity contribution in [1.82, 2.24) is 9.78 Å². The Labute approximate surface area is 103 Å². The van der Waals surface area contributed by atoms with E-state index in [0.717, 1.165) is 11.8 Å². The van der Waals surface area contributed by atoms with Crippen LogP contribution < -0.4 is 0 Å². The van der Waals surface area contributed by atoms with E-state index in [9.17, 15) is 4.79 Å². The summed E-state index contributed by atoms with van der Waals surface area (Å²) < 4.78 is 1.63. The fourth-order valence-electron chi connectivity index (χ4n) is 1.46. The average molecular weight is 249 g/mol. The Hall–Kier alpha value is -2.07. The molecule has 86 valence electrons. The first kappa shape index (κ1) is 11.4. The van der Waals surface area contributed by atoms with E-state index >= 15 is 0 Å². The first-order valence-electron chi connectivity index (χ1n) is 4.88. The number of halogens is 1. The van der Waals surface area contributed by atoms with Crippen LogP contribution in [0, 0.1) is 0 Å². The highest BCUT2D eigenvalue weighted by Crippen LogP contribution is 2.24. The third kappa shape index (κ3) is 2.54. The Bertz CT molecular complexity index is 562. The predicted molar refractivity (Wildman–Crippen MR) is 65.2 cm³/mol. The molecule has 0 saturated heterocycles. The van der Waals surface area contributed by atoms with Gasteiger partial charge in [-0.05, 0) is 24.3 Å². The first-order chi connectivity index (χ1) is 8.18. The lowest BCUT2D eigenvalue weighted by Gasteiger charge is -2.07. The van der Waals surface area contributed by atoms with Gasteiger partial charge in [0.15, 0.2) is 0 Å². The molecule has 0 atom stereocenters. The van der Waals surface area contributed by atoms with E-state index in [1.165, 1.54) is 6.08 Å². The van der Waals surface area contributed by atoms with E-state index in [1.807, 2.05) is 6.07 Å². The molecule has 2 aromatic rings. The summed E-state index contributed by atoms with van der Waals surface area (Å²) in [6.07, 6.45) is 5.92. The highest BCUT2D eigenvalue weighted by atomic mass is 35.5. The minimum absolute atomic E-state index is 0.482. The standard InChI is InChI=1S/C12H9ClN2O2/c13-10-3-1-4-11(15-8-2-7-14-15)9(10)5-6-12(16)17/h1-8H,(H,16,17)/b6-5+. The fraction of sp³-hybridized carbons (Fsp3) is 0. The second-order valence-electron chi connectivity index (χ2n) is 3.29. The zero-order valence-corrected chi connectivity index (χ0v) is 9.50. The van der Waals surface area contributed by atoms with Crippen molar-refractivity contribution in [1.29, 1.82) is 0 Å². The van der Waals surface area contributed by atoms with Gasteiger partial charge in [-0.15, -0.1) is 0 Å². The highest BCUT2D eigenvalue weighted by Gasteiger charge is 2.06. The van der Waals surface area contributed by atoms with Crippen LogP contribution in [-0.4, -0.2) is 20.9 Å². The van der Waals surface area contributed by atoms with Crippen LogP contribution in [0.15, 0.2) is 42.7 Å². The summed E-state index contributed by atoms with van der Waals surface area (Å²) in [6.45, 7) is 0. The molecule has 0 amide bonds. The molecule has 1 N–H and O–H groups in total. The number of hydrogen-bond donors (Lipinski definition) is 1. The van der Waals surface area contributed by atoms with E-state index in [4.69, 9.17) is 16.7 Å². The largest absolute Gasteiger partial charge is 0.478 e. The smallest absolute Gasteiger partial charge is 0.328 e. The Kier molecular flexibility index (Phi) is 3.25. The molecule has 1 heterocycles. The van der Waals surface area contributed by atoms with Crippen molar-refractivity contribution in [2.24, 2.45) is 0 Å². The second-order valence-corrected chi connectivity index (χ2v) is 3.70.